The smallest absolute Gasteiger partial charge is 0.235 e. The standard InChI is InChI=1S/C23H28N6O2/c1-27(15-18-5-6-20-21(13-18)31-17-30-20)22(28-10-3-2-4-11-28)14-19-7-8-25-23(26-19)29-12-9-24-16-29/h5-9,12-13,16,22H,2-4,10-11,14-15,17H2,1H3. The maximum atomic E-state index is 5.57. The van der Waals surface area contributed by atoms with Crippen LogP contribution in [-0.2, 0) is 13.0 Å². The molecule has 0 spiro atoms. The highest BCUT2D eigenvalue weighted by atomic mass is 16.7. The first-order chi connectivity index (χ1) is 15.3. The van der Waals surface area contributed by atoms with Crippen molar-refractivity contribution in [1.29, 1.82) is 0 Å². The number of benzene rings is 1. The molecule has 2 aliphatic rings. The molecule has 1 aromatic carbocycles. The van der Waals surface area contributed by atoms with Gasteiger partial charge in [-0.15, -0.1) is 0 Å². The molecule has 0 amide bonds. The van der Waals surface area contributed by atoms with Gasteiger partial charge in [-0.1, -0.05) is 12.5 Å². The molecule has 4 heterocycles. The van der Waals surface area contributed by atoms with Crippen LogP contribution in [0.2, 0.25) is 0 Å². The number of hydrogen-bond acceptors (Lipinski definition) is 7. The van der Waals surface area contributed by atoms with E-state index < -0.39 is 0 Å². The van der Waals surface area contributed by atoms with Crippen molar-refractivity contribution >= 4 is 0 Å². The van der Waals surface area contributed by atoms with Gasteiger partial charge >= 0.3 is 0 Å². The highest BCUT2D eigenvalue weighted by Crippen LogP contribution is 2.33. The molecule has 0 bridgehead atoms. The Morgan fingerprint density at radius 3 is 2.77 bits per heavy atom. The summed E-state index contributed by atoms with van der Waals surface area (Å²) in [5.74, 6) is 2.32. The minimum atomic E-state index is 0.260. The van der Waals surface area contributed by atoms with Crippen LogP contribution in [0.25, 0.3) is 5.95 Å². The van der Waals surface area contributed by atoms with E-state index in [0.29, 0.717) is 12.7 Å². The molecule has 31 heavy (non-hydrogen) atoms. The zero-order valence-corrected chi connectivity index (χ0v) is 17.9. The van der Waals surface area contributed by atoms with E-state index in [1.165, 1.54) is 24.8 Å². The third-order valence-corrected chi connectivity index (χ3v) is 6.02. The third kappa shape index (κ3) is 4.55. The fourth-order valence-electron chi connectivity index (χ4n) is 4.40. The van der Waals surface area contributed by atoms with Crippen molar-refractivity contribution in [2.45, 2.75) is 38.4 Å². The Morgan fingerprint density at radius 2 is 1.94 bits per heavy atom. The molecule has 1 atom stereocenters. The normalized spacial score (nSPS) is 17.2. The number of hydrogen-bond donors (Lipinski definition) is 0. The number of likely N-dealkylation sites (tertiary alicyclic amines) is 1. The molecule has 3 aromatic rings. The van der Waals surface area contributed by atoms with Crippen molar-refractivity contribution in [3.63, 3.8) is 0 Å². The molecule has 2 aliphatic heterocycles. The summed E-state index contributed by atoms with van der Waals surface area (Å²) in [4.78, 5) is 18.3. The number of ether oxygens (including phenoxy) is 2. The summed E-state index contributed by atoms with van der Waals surface area (Å²) in [6, 6.07) is 8.24. The van der Waals surface area contributed by atoms with Gasteiger partial charge in [0.05, 0.1) is 6.17 Å². The summed E-state index contributed by atoms with van der Waals surface area (Å²) in [6.45, 7) is 3.38. The van der Waals surface area contributed by atoms with Crippen molar-refractivity contribution in [2.24, 2.45) is 0 Å². The number of aromatic nitrogens is 4. The zero-order valence-electron chi connectivity index (χ0n) is 17.9. The minimum Gasteiger partial charge on any atom is -0.454 e. The van der Waals surface area contributed by atoms with Crippen molar-refractivity contribution in [3.8, 4) is 17.4 Å². The van der Waals surface area contributed by atoms with E-state index in [0.717, 1.165) is 43.2 Å². The van der Waals surface area contributed by atoms with Crippen molar-refractivity contribution in [2.75, 3.05) is 26.9 Å². The molecular formula is C23H28N6O2. The first kappa shape index (κ1) is 20.0. The van der Waals surface area contributed by atoms with E-state index in [9.17, 15) is 0 Å². The number of fused-ring (bicyclic) bond motifs is 1. The van der Waals surface area contributed by atoms with Crippen LogP contribution in [0.3, 0.4) is 0 Å². The molecule has 5 rings (SSSR count). The Hall–Kier alpha value is -2.97. The van der Waals surface area contributed by atoms with E-state index in [-0.39, 0.29) is 6.17 Å². The topological polar surface area (TPSA) is 68.5 Å². The largest absolute Gasteiger partial charge is 0.454 e. The molecule has 2 aromatic heterocycles. The number of likely N-dealkylation sites (N-methyl/N-ethyl adjacent to an activating group) is 1. The van der Waals surface area contributed by atoms with Gasteiger partial charge in [0, 0.05) is 37.3 Å². The number of nitrogens with zero attached hydrogens (tertiary/aromatic N) is 6. The maximum Gasteiger partial charge on any atom is 0.235 e. The average Bonchev–Trinajstić information content (AvgIpc) is 3.50. The Bertz CT molecular complexity index is 1000. The summed E-state index contributed by atoms with van der Waals surface area (Å²) >= 11 is 0. The third-order valence-electron chi connectivity index (χ3n) is 6.02. The molecule has 0 radical (unpaired) electrons. The molecule has 162 valence electrons. The fourth-order valence-corrected chi connectivity index (χ4v) is 4.40. The van der Waals surface area contributed by atoms with E-state index >= 15 is 0 Å². The maximum absolute atomic E-state index is 5.57. The number of rotatable bonds is 7. The lowest BCUT2D eigenvalue weighted by molar-refractivity contribution is 0.0403. The predicted molar refractivity (Wildman–Crippen MR) is 116 cm³/mol. The Morgan fingerprint density at radius 1 is 1.06 bits per heavy atom. The van der Waals surface area contributed by atoms with Crippen LogP contribution in [0, 0.1) is 0 Å². The van der Waals surface area contributed by atoms with Crippen LogP contribution in [0.1, 0.15) is 30.5 Å². The monoisotopic (exact) mass is 420 g/mol. The summed E-state index contributed by atoms with van der Waals surface area (Å²) in [5, 5.41) is 0. The van der Waals surface area contributed by atoms with Gasteiger partial charge in [0.15, 0.2) is 11.5 Å². The fraction of sp³-hybridized carbons (Fsp3) is 0.435. The average molecular weight is 421 g/mol. The first-order valence-corrected chi connectivity index (χ1v) is 10.9. The molecule has 1 unspecified atom stereocenters. The molecule has 8 heteroatoms. The van der Waals surface area contributed by atoms with Crippen LogP contribution >= 0.6 is 0 Å². The molecule has 1 fully saturated rings. The van der Waals surface area contributed by atoms with Crippen molar-refractivity contribution in [1.82, 2.24) is 29.3 Å². The SMILES string of the molecule is CN(Cc1ccc2c(c1)OCO2)C(Cc1ccnc(-n2ccnc2)n1)N1CCCCC1. The molecule has 0 aliphatic carbocycles. The van der Waals surface area contributed by atoms with Gasteiger partial charge in [-0.25, -0.2) is 15.0 Å². The summed E-state index contributed by atoms with van der Waals surface area (Å²) in [5.41, 5.74) is 2.25. The van der Waals surface area contributed by atoms with Crippen LogP contribution in [0.4, 0.5) is 0 Å². The number of piperidine rings is 1. The van der Waals surface area contributed by atoms with Gasteiger partial charge in [0.25, 0.3) is 0 Å². The number of imidazole rings is 1. The highest BCUT2D eigenvalue weighted by molar-refractivity contribution is 5.44. The second-order valence-electron chi connectivity index (χ2n) is 8.20. The van der Waals surface area contributed by atoms with Crippen LogP contribution < -0.4 is 9.47 Å². The second kappa shape index (κ2) is 9.03. The van der Waals surface area contributed by atoms with Gasteiger partial charge in [-0.05, 0) is 56.7 Å². The molecular weight excluding hydrogens is 392 g/mol. The van der Waals surface area contributed by atoms with Gasteiger partial charge in [0.1, 0.15) is 6.33 Å². The molecule has 1 saturated heterocycles. The van der Waals surface area contributed by atoms with E-state index in [1.807, 2.05) is 29.1 Å². The van der Waals surface area contributed by atoms with Crippen LogP contribution in [0.15, 0.2) is 49.2 Å². The first-order valence-electron chi connectivity index (χ1n) is 10.9. The van der Waals surface area contributed by atoms with E-state index in [1.54, 1.807) is 12.5 Å². The molecule has 0 N–H and O–H groups in total. The van der Waals surface area contributed by atoms with Gasteiger partial charge in [-0.3, -0.25) is 14.4 Å². The quantitative estimate of drug-likeness (QED) is 0.582. The molecule has 8 nitrogen and oxygen atoms in total. The lowest BCUT2D eigenvalue weighted by atomic mass is 10.1. The Kier molecular flexibility index (Phi) is 5.82. The Balaban J connectivity index is 1.36. The van der Waals surface area contributed by atoms with Gasteiger partial charge < -0.3 is 9.47 Å². The van der Waals surface area contributed by atoms with Gasteiger partial charge in [0.2, 0.25) is 12.7 Å². The van der Waals surface area contributed by atoms with Crippen LogP contribution in [-0.4, -0.2) is 62.4 Å². The Labute approximate surface area is 182 Å². The predicted octanol–water partition coefficient (Wildman–Crippen LogP) is 2.88. The zero-order chi connectivity index (χ0) is 21.0. The highest BCUT2D eigenvalue weighted by Gasteiger charge is 2.26. The summed E-state index contributed by atoms with van der Waals surface area (Å²) in [6.07, 6.45) is 12.1. The second-order valence-corrected chi connectivity index (χ2v) is 8.20. The molecule has 0 saturated carbocycles. The van der Waals surface area contributed by atoms with E-state index in [2.05, 4.69) is 38.9 Å². The van der Waals surface area contributed by atoms with Crippen LogP contribution in [0.5, 0.6) is 11.5 Å². The lowest BCUT2D eigenvalue weighted by Gasteiger charge is -2.40. The summed E-state index contributed by atoms with van der Waals surface area (Å²) < 4.78 is 12.9. The van der Waals surface area contributed by atoms with Gasteiger partial charge in [-0.2, -0.15) is 0 Å². The van der Waals surface area contributed by atoms with Crippen molar-refractivity contribution in [3.05, 3.63) is 60.4 Å². The lowest BCUT2D eigenvalue weighted by Crippen LogP contribution is -2.49. The van der Waals surface area contributed by atoms with E-state index in [4.69, 9.17) is 14.5 Å². The minimum absolute atomic E-state index is 0.260. The van der Waals surface area contributed by atoms with Crippen molar-refractivity contribution < 1.29 is 9.47 Å². The summed E-state index contributed by atoms with van der Waals surface area (Å²) in [7, 11) is 2.20.